The standard InChI is InChI=1S/C11H20ClN5O/c1-4-5-13-10-15-9(12)16-11(17-10)14-8(6-18)7(2)3/h7-8,18H,4-6H2,1-3H3,(H2,13,14,15,16,17)/t8-/m1/s1. The monoisotopic (exact) mass is 273 g/mol. The first-order valence-electron chi connectivity index (χ1n) is 6.09. The molecule has 0 saturated carbocycles. The first-order chi connectivity index (χ1) is 8.56. The van der Waals surface area contributed by atoms with Gasteiger partial charge in [-0.3, -0.25) is 0 Å². The summed E-state index contributed by atoms with van der Waals surface area (Å²) in [5.41, 5.74) is 0. The van der Waals surface area contributed by atoms with Gasteiger partial charge in [-0.05, 0) is 23.9 Å². The van der Waals surface area contributed by atoms with Gasteiger partial charge in [-0.1, -0.05) is 20.8 Å². The number of nitrogens with zero attached hydrogens (tertiary/aromatic N) is 3. The van der Waals surface area contributed by atoms with Gasteiger partial charge in [-0.15, -0.1) is 0 Å². The Bertz CT molecular complexity index is 374. The normalized spacial score (nSPS) is 12.6. The lowest BCUT2D eigenvalue weighted by atomic mass is 10.1. The van der Waals surface area contributed by atoms with Gasteiger partial charge < -0.3 is 15.7 Å². The highest BCUT2D eigenvalue weighted by Crippen LogP contribution is 2.13. The van der Waals surface area contributed by atoms with Crippen LogP contribution in [0.5, 0.6) is 0 Å². The Morgan fingerprint density at radius 2 is 1.89 bits per heavy atom. The fourth-order valence-corrected chi connectivity index (χ4v) is 1.48. The minimum atomic E-state index is -0.109. The molecule has 1 rings (SSSR count). The molecule has 1 aromatic heterocycles. The lowest BCUT2D eigenvalue weighted by molar-refractivity contribution is 0.248. The van der Waals surface area contributed by atoms with Crippen molar-refractivity contribution in [3.05, 3.63) is 5.28 Å². The van der Waals surface area contributed by atoms with Crippen LogP contribution in [-0.2, 0) is 0 Å². The Labute approximate surface area is 112 Å². The van der Waals surface area contributed by atoms with Crippen LogP contribution in [0.4, 0.5) is 11.9 Å². The van der Waals surface area contributed by atoms with E-state index in [2.05, 4.69) is 32.5 Å². The van der Waals surface area contributed by atoms with Gasteiger partial charge in [0.1, 0.15) is 0 Å². The molecule has 1 heterocycles. The third-order valence-electron chi connectivity index (χ3n) is 2.46. The summed E-state index contributed by atoms with van der Waals surface area (Å²) in [4.78, 5) is 12.2. The number of aliphatic hydroxyl groups is 1. The van der Waals surface area contributed by atoms with Crippen molar-refractivity contribution in [1.82, 2.24) is 15.0 Å². The molecule has 6 nitrogen and oxygen atoms in total. The lowest BCUT2D eigenvalue weighted by Gasteiger charge is -2.19. The number of rotatable bonds is 7. The molecular weight excluding hydrogens is 254 g/mol. The number of nitrogens with one attached hydrogen (secondary N) is 2. The molecule has 102 valence electrons. The second-order valence-corrected chi connectivity index (χ2v) is 4.69. The average molecular weight is 274 g/mol. The topological polar surface area (TPSA) is 83.0 Å². The van der Waals surface area contributed by atoms with E-state index in [-0.39, 0.29) is 23.9 Å². The van der Waals surface area contributed by atoms with Crippen molar-refractivity contribution in [3.8, 4) is 0 Å². The van der Waals surface area contributed by atoms with Crippen molar-refractivity contribution < 1.29 is 5.11 Å². The van der Waals surface area contributed by atoms with Gasteiger partial charge in [0.25, 0.3) is 0 Å². The predicted octanol–water partition coefficient (Wildman–Crippen LogP) is 1.78. The van der Waals surface area contributed by atoms with E-state index in [1.54, 1.807) is 0 Å². The van der Waals surface area contributed by atoms with Crippen LogP contribution >= 0.6 is 11.6 Å². The fourth-order valence-electron chi connectivity index (χ4n) is 1.32. The summed E-state index contributed by atoms with van der Waals surface area (Å²) in [7, 11) is 0. The van der Waals surface area contributed by atoms with Crippen molar-refractivity contribution in [1.29, 1.82) is 0 Å². The maximum Gasteiger partial charge on any atom is 0.229 e. The van der Waals surface area contributed by atoms with Crippen molar-refractivity contribution >= 4 is 23.5 Å². The lowest BCUT2D eigenvalue weighted by Crippen LogP contribution is -2.30. The van der Waals surface area contributed by atoms with Crippen LogP contribution in [0, 0.1) is 5.92 Å². The third kappa shape index (κ3) is 4.62. The summed E-state index contributed by atoms with van der Waals surface area (Å²) in [6.45, 7) is 6.85. The van der Waals surface area contributed by atoms with Gasteiger partial charge in [0.2, 0.25) is 17.2 Å². The first kappa shape index (κ1) is 14.9. The van der Waals surface area contributed by atoms with E-state index in [9.17, 15) is 5.11 Å². The van der Waals surface area contributed by atoms with Crippen LogP contribution in [0.25, 0.3) is 0 Å². The summed E-state index contributed by atoms with van der Waals surface area (Å²) < 4.78 is 0. The molecular formula is C11H20ClN5O. The molecule has 0 unspecified atom stereocenters. The Balaban J connectivity index is 2.78. The quantitative estimate of drug-likeness (QED) is 0.702. The minimum Gasteiger partial charge on any atom is -0.394 e. The molecule has 7 heteroatoms. The third-order valence-corrected chi connectivity index (χ3v) is 2.63. The molecule has 0 aliphatic carbocycles. The van der Waals surface area contributed by atoms with Crippen LogP contribution < -0.4 is 10.6 Å². The van der Waals surface area contributed by atoms with E-state index in [0.29, 0.717) is 11.9 Å². The van der Waals surface area contributed by atoms with E-state index in [1.807, 2.05) is 13.8 Å². The van der Waals surface area contributed by atoms with Crippen molar-refractivity contribution in [2.24, 2.45) is 5.92 Å². The summed E-state index contributed by atoms with van der Waals surface area (Å²) in [6, 6.07) is -0.109. The van der Waals surface area contributed by atoms with Gasteiger partial charge in [-0.25, -0.2) is 0 Å². The van der Waals surface area contributed by atoms with Gasteiger partial charge in [-0.2, -0.15) is 15.0 Å². The molecule has 0 fully saturated rings. The van der Waals surface area contributed by atoms with E-state index < -0.39 is 0 Å². The number of halogens is 1. The Morgan fingerprint density at radius 3 is 2.44 bits per heavy atom. The number of hydrogen-bond donors (Lipinski definition) is 3. The number of anilines is 2. The zero-order chi connectivity index (χ0) is 13.5. The maximum atomic E-state index is 9.26. The fraction of sp³-hybridized carbons (Fsp3) is 0.727. The molecule has 3 N–H and O–H groups in total. The van der Waals surface area contributed by atoms with Crippen LogP contribution in [0.3, 0.4) is 0 Å². The van der Waals surface area contributed by atoms with Crippen LogP contribution in [-0.4, -0.2) is 39.3 Å². The molecule has 0 amide bonds. The summed E-state index contributed by atoms with van der Waals surface area (Å²) >= 11 is 5.83. The summed E-state index contributed by atoms with van der Waals surface area (Å²) in [5, 5.41) is 15.5. The highest BCUT2D eigenvalue weighted by molar-refractivity contribution is 6.28. The average Bonchev–Trinajstić information content (AvgIpc) is 2.32. The molecule has 0 aliphatic heterocycles. The van der Waals surface area contributed by atoms with E-state index >= 15 is 0 Å². The van der Waals surface area contributed by atoms with Crippen LogP contribution in [0.2, 0.25) is 5.28 Å². The first-order valence-corrected chi connectivity index (χ1v) is 6.47. The molecule has 0 spiro atoms. The van der Waals surface area contributed by atoms with E-state index in [0.717, 1.165) is 13.0 Å². The van der Waals surface area contributed by atoms with Crippen LogP contribution in [0.15, 0.2) is 0 Å². The smallest absolute Gasteiger partial charge is 0.229 e. The van der Waals surface area contributed by atoms with E-state index in [4.69, 9.17) is 11.6 Å². The van der Waals surface area contributed by atoms with E-state index in [1.165, 1.54) is 0 Å². The van der Waals surface area contributed by atoms with Gasteiger partial charge in [0, 0.05) is 6.54 Å². The summed E-state index contributed by atoms with van der Waals surface area (Å²) in [5.74, 6) is 1.08. The second kappa shape index (κ2) is 7.33. The number of aliphatic hydroxyl groups excluding tert-OH is 1. The number of hydrogen-bond acceptors (Lipinski definition) is 6. The Kier molecular flexibility index (Phi) is 6.07. The van der Waals surface area contributed by atoms with Gasteiger partial charge >= 0.3 is 0 Å². The summed E-state index contributed by atoms with van der Waals surface area (Å²) in [6.07, 6.45) is 0.970. The zero-order valence-electron chi connectivity index (χ0n) is 10.9. The minimum absolute atomic E-state index is 0.0126. The van der Waals surface area contributed by atoms with Crippen molar-refractivity contribution in [2.75, 3.05) is 23.8 Å². The molecule has 0 radical (unpaired) electrons. The zero-order valence-corrected chi connectivity index (χ0v) is 11.7. The highest BCUT2D eigenvalue weighted by Gasteiger charge is 2.14. The predicted molar refractivity (Wildman–Crippen MR) is 73.0 cm³/mol. The molecule has 0 aliphatic rings. The molecule has 0 bridgehead atoms. The molecule has 1 atom stereocenters. The largest absolute Gasteiger partial charge is 0.394 e. The molecule has 1 aromatic rings. The Hall–Kier alpha value is -1.14. The molecule has 0 saturated heterocycles. The SMILES string of the molecule is CCCNc1nc(Cl)nc(N[C@H](CO)C(C)C)n1. The van der Waals surface area contributed by atoms with Gasteiger partial charge in [0.05, 0.1) is 12.6 Å². The van der Waals surface area contributed by atoms with Crippen LogP contribution in [0.1, 0.15) is 27.2 Å². The number of aromatic nitrogens is 3. The Morgan fingerprint density at radius 1 is 1.22 bits per heavy atom. The van der Waals surface area contributed by atoms with Gasteiger partial charge in [0.15, 0.2) is 0 Å². The highest BCUT2D eigenvalue weighted by atomic mass is 35.5. The molecule has 18 heavy (non-hydrogen) atoms. The van der Waals surface area contributed by atoms with Crippen molar-refractivity contribution in [3.63, 3.8) is 0 Å². The van der Waals surface area contributed by atoms with Crippen molar-refractivity contribution in [2.45, 2.75) is 33.2 Å². The second-order valence-electron chi connectivity index (χ2n) is 4.36. The maximum absolute atomic E-state index is 9.26. The molecule has 0 aromatic carbocycles.